The molecule has 10 heteroatoms. The number of oxazole rings is 1. The van der Waals surface area contributed by atoms with E-state index in [1.165, 1.54) is 36.4 Å². The lowest BCUT2D eigenvalue weighted by atomic mass is 10.2. The second-order valence-corrected chi connectivity index (χ2v) is 8.38. The predicted molar refractivity (Wildman–Crippen MR) is 113 cm³/mol. The third-order valence-corrected chi connectivity index (χ3v) is 5.90. The summed E-state index contributed by atoms with van der Waals surface area (Å²) in [4.78, 5) is 25.9. The van der Waals surface area contributed by atoms with Gasteiger partial charge in [0, 0.05) is 11.6 Å². The van der Waals surface area contributed by atoms with Crippen LogP contribution in [0.5, 0.6) is 0 Å². The van der Waals surface area contributed by atoms with Crippen molar-refractivity contribution in [2.45, 2.75) is 4.90 Å². The Bertz CT molecular complexity index is 1410. The Balaban J connectivity index is 1.54. The Morgan fingerprint density at radius 3 is 2.50 bits per heavy atom. The summed E-state index contributed by atoms with van der Waals surface area (Å²) in [6, 6.07) is 17.0. The van der Waals surface area contributed by atoms with Gasteiger partial charge in [0.2, 0.25) is 0 Å². The highest BCUT2D eigenvalue weighted by Crippen LogP contribution is 2.28. The van der Waals surface area contributed by atoms with Crippen molar-refractivity contribution in [3.05, 3.63) is 87.9 Å². The lowest BCUT2D eigenvalue weighted by Gasteiger charge is -2.11. The molecule has 1 aromatic heterocycles. The van der Waals surface area contributed by atoms with Gasteiger partial charge in [0.1, 0.15) is 0 Å². The highest BCUT2D eigenvalue weighted by Gasteiger charge is 2.17. The maximum Gasteiger partial charge on any atom is 0.417 e. The molecule has 30 heavy (non-hydrogen) atoms. The first-order valence-electron chi connectivity index (χ1n) is 8.63. The van der Waals surface area contributed by atoms with Gasteiger partial charge < -0.3 is 9.73 Å². The number of H-pyrrole nitrogens is 1. The van der Waals surface area contributed by atoms with Crippen molar-refractivity contribution in [3.63, 3.8) is 0 Å². The molecule has 0 aliphatic heterocycles. The fourth-order valence-corrected chi connectivity index (χ4v) is 4.06. The summed E-state index contributed by atoms with van der Waals surface area (Å²) in [5.74, 6) is -1.01. The predicted octanol–water partition coefficient (Wildman–Crippen LogP) is 3.83. The number of aromatic nitrogens is 1. The average Bonchev–Trinajstić information content (AvgIpc) is 3.09. The van der Waals surface area contributed by atoms with Crippen molar-refractivity contribution in [1.29, 1.82) is 0 Å². The van der Waals surface area contributed by atoms with Gasteiger partial charge in [-0.05, 0) is 42.5 Å². The molecule has 0 aliphatic carbocycles. The molecule has 1 amide bonds. The van der Waals surface area contributed by atoms with Gasteiger partial charge in [-0.2, -0.15) is 0 Å². The van der Waals surface area contributed by atoms with E-state index in [9.17, 15) is 18.0 Å². The van der Waals surface area contributed by atoms with E-state index < -0.39 is 15.8 Å². The number of hydrogen-bond acceptors (Lipinski definition) is 5. The monoisotopic (exact) mass is 443 g/mol. The molecule has 0 fully saturated rings. The zero-order valence-corrected chi connectivity index (χ0v) is 16.8. The van der Waals surface area contributed by atoms with Gasteiger partial charge in [-0.25, -0.2) is 13.2 Å². The molecule has 0 spiro atoms. The Morgan fingerprint density at radius 1 is 1.00 bits per heavy atom. The number of fused-ring (bicyclic) bond motifs is 1. The number of rotatable bonds is 5. The van der Waals surface area contributed by atoms with E-state index in [1.807, 2.05) is 0 Å². The molecule has 0 saturated heterocycles. The SMILES string of the molecule is O=C(Nc1ccc(NS(=O)(=O)c2ccc3[nH]c(=O)oc3c2)cc1Cl)c1ccccc1. The third-order valence-electron chi connectivity index (χ3n) is 4.21. The minimum atomic E-state index is -3.96. The fraction of sp³-hybridized carbons (Fsp3) is 0. The molecule has 3 N–H and O–H groups in total. The van der Waals surface area contributed by atoms with Gasteiger partial charge in [0.05, 0.1) is 26.8 Å². The van der Waals surface area contributed by atoms with Crippen LogP contribution in [0.2, 0.25) is 5.02 Å². The maximum absolute atomic E-state index is 12.7. The smallest absolute Gasteiger partial charge is 0.408 e. The summed E-state index contributed by atoms with van der Waals surface area (Å²) >= 11 is 6.21. The number of halogens is 1. The average molecular weight is 444 g/mol. The quantitative estimate of drug-likeness (QED) is 0.433. The molecule has 8 nitrogen and oxygen atoms in total. The third kappa shape index (κ3) is 4.07. The van der Waals surface area contributed by atoms with E-state index in [-0.39, 0.29) is 27.1 Å². The number of nitrogens with one attached hydrogen (secondary N) is 3. The first-order valence-corrected chi connectivity index (χ1v) is 10.5. The van der Waals surface area contributed by atoms with Crippen molar-refractivity contribution in [2.75, 3.05) is 10.0 Å². The summed E-state index contributed by atoms with van der Waals surface area (Å²) < 4.78 is 32.6. The van der Waals surface area contributed by atoms with Gasteiger partial charge in [-0.1, -0.05) is 29.8 Å². The zero-order chi connectivity index (χ0) is 21.3. The van der Waals surface area contributed by atoms with E-state index in [1.54, 1.807) is 30.3 Å². The van der Waals surface area contributed by atoms with Gasteiger partial charge in [0.25, 0.3) is 15.9 Å². The van der Waals surface area contributed by atoms with Crippen molar-refractivity contribution < 1.29 is 17.6 Å². The van der Waals surface area contributed by atoms with E-state index in [0.29, 0.717) is 16.8 Å². The molecule has 152 valence electrons. The Hall–Kier alpha value is -3.56. The summed E-state index contributed by atoms with van der Waals surface area (Å²) in [5, 5.41) is 2.84. The molecule has 0 unspecified atom stereocenters. The first kappa shape index (κ1) is 19.7. The van der Waals surface area contributed by atoms with Crippen LogP contribution in [0.25, 0.3) is 11.1 Å². The van der Waals surface area contributed by atoms with Crippen LogP contribution in [0.1, 0.15) is 10.4 Å². The van der Waals surface area contributed by atoms with Crippen LogP contribution in [0.3, 0.4) is 0 Å². The lowest BCUT2D eigenvalue weighted by Crippen LogP contribution is -2.14. The van der Waals surface area contributed by atoms with Crippen LogP contribution >= 0.6 is 11.6 Å². The van der Waals surface area contributed by atoms with Crippen molar-refractivity contribution >= 4 is 50.0 Å². The normalized spacial score (nSPS) is 11.4. The molecular formula is C20H14ClN3O5S. The van der Waals surface area contributed by atoms with Crippen LogP contribution in [0.15, 0.2) is 80.8 Å². The lowest BCUT2D eigenvalue weighted by molar-refractivity contribution is 0.102. The molecule has 0 atom stereocenters. The minimum absolute atomic E-state index is 0.0877. The largest absolute Gasteiger partial charge is 0.417 e. The second kappa shape index (κ2) is 7.69. The molecule has 3 aromatic carbocycles. The van der Waals surface area contributed by atoms with Crippen LogP contribution in [0.4, 0.5) is 11.4 Å². The molecule has 0 aliphatic rings. The molecule has 4 rings (SSSR count). The number of sulfonamides is 1. The van der Waals surface area contributed by atoms with Crippen LogP contribution in [-0.2, 0) is 10.0 Å². The van der Waals surface area contributed by atoms with E-state index in [4.69, 9.17) is 16.0 Å². The van der Waals surface area contributed by atoms with Gasteiger partial charge >= 0.3 is 5.76 Å². The van der Waals surface area contributed by atoms with E-state index >= 15 is 0 Å². The Labute approximate surface area is 175 Å². The number of benzene rings is 3. The molecule has 0 radical (unpaired) electrons. The Kier molecular flexibility index (Phi) is 5.06. The highest BCUT2D eigenvalue weighted by molar-refractivity contribution is 7.92. The number of anilines is 2. The van der Waals surface area contributed by atoms with E-state index in [2.05, 4.69) is 15.0 Å². The fourth-order valence-electron chi connectivity index (χ4n) is 2.77. The number of amides is 1. The standard InChI is InChI=1S/C20H14ClN3O5S/c21-15-10-13(6-8-16(15)22-19(25)12-4-2-1-3-5-12)24-30(27,28)14-7-9-17-18(11-14)29-20(26)23-17/h1-11,24H,(H,22,25)(H,23,26). The van der Waals surface area contributed by atoms with Crippen LogP contribution < -0.4 is 15.8 Å². The van der Waals surface area contributed by atoms with Crippen LogP contribution in [0, 0.1) is 0 Å². The first-order chi connectivity index (χ1) is 14.3. The maximum atomic E-state index is 12.7. The van der Waals surface area contributed by atoms with Crippen molar-refractivity contribution in [2.24, 2.45) is 0 Å². The molecule has 4 aromatic rings. The van der Waals surface area contributed by atoms with Crippen molar-refractivity contribution in [1.82, 2.24) is 4.98 Å². The van der Waals surface area contributed by atoms with Gasteiger partial charge in [-0.3, -0.25) is 14.5 Å². The number of hydrogen-bond donors (Lipinski definition) is 3. The zero-order valence-electron chi connectivity index (χ0n) is 15.2. The van der Waals surface area contributed by atoms with E-state index in [0.717, 1.165) is 0 Å². The summed E-state index contributed by atoms with van der Waals surface area (Å²) in [5.41, 5.74) is 1.52. The summed E-state index contributed by atoms with van der Waals surface area (Å²) in [7, 11) is -3.96. The Morgan fingerprint density at radius 2 is 1.77 bits per heavy atom. The molecular weight excluding hydrogens is 430 g/mol. The number of aromatic amines is 1. The van der Waals surface area contributed by atoms with Gasteiger partial charge in [-0.15, -0.1) is 0 Å². The summed E-state index contributed by atoms with van der Waals surface area (Å²) in [6.45, 7) is 0. The topological polar surface area (TPSA) is 121 Å². The minimum Gasteiger partial charge on any atom is -0.408 e. The number of carbonyl (C=O) groups excluding carboxylic acids is 1. The highest BCUT2D eigenvalue weighted by atomic mass is 35.5. The second-order valence-electron chi connectivity index (χ2n) is 6.29. The summed E-state index contributed by atoms with van der Waals surface area (Å²) in [6.07, 6.45) is 0. The molecule has 0 saturated carbocycles. The molecule has 1 heterocycles. The van der Waals surface area contributed by atoms with Crippen LogP contribution in [-0.4, -0.2) is 19.3 Å². The van der Waals surface area contributed by atoms with Crippen molar-refractivity contribution in [3.8, 4) is 0 Å². The van der Waals surface area contributed by atoms with Gasteiger partial charge in [0.15, 0.2) is 5.58 Å². The number of carbonyl (C=O) groups is 1. The molecule has 0 bridgehead atoms.